The first kappa shape index (κ1) is 14.9. The van der Waals surface area contributed by atoms with E-state index in [0.29, 0.717) is 5.92 Å². The first-order valence-electron chi connectivity index (χ1n) is 7.81. The summed E-state index contributed by atoms with van der Waals surface area (Å²) in [6, 6.07) is 7.80. The summed E-state index contributed by atoms with van der Waals surface area (Å²) in [5, 5.41) is 0. The minimum Gasteiger partial charge on any atom is -0.497 e. The van der Waals surface area contributed by atoms with Gasteiger partial charge in [-0.25, -0.2) is 4.98 Å². The first-order chi connectivity index (χ1) is 10.8. The Hall–Kier alpha value is -2.01. The van der Waals surface area contributed by atoms with Crippen LogP contribution in [0, 0.1) is 5.92 Å². The highest BCUT2D eigenvalue weighted by molar-refractivity contribution is 5.32. The largest absolute Gasteiger partial charge is 0.497 e. The summed E-state index contributed by atoms with van der Waals surface area (Å²) in [6.45, 7) is 3.84. The van der Waals surface area contributed by atoms with Gasteiger partial charge in [0.2, 0.25) is 0 Å². The van der Waals surface area contributed by atoms with E-state index in [-0.39, 0.29) is 0 Å². The molecule has 0 saturated carbocycles. The monoisotopic (exact) mass is 301 g/mol. The maximum Gasteiger partial charge on any atom is 0.122 e. The van der Waals surface area contributed by atoms with E-state index in [4.69, 9.17) is 9.47 Å². The Balaban J connectivity index is 1.49. The highest BCUT2D eigenvalue weighted by Gasteiger charge is 2.21. The molecule has 22 heavy (non-hydrogen) atoms. The fraction of sp³-hybridized carbons (Fsp3) is 0.471. The number of nitrogens with zero attached hydrogens (tertiary/aromatic N) is 2. The van der Waals surface area contributed by atoms with E-state index in [0.717, 1.165) is 43.6 Å². The van der Waals surface area contributed by atoms with E-state index >= 15 is 0 Å². The van der Waals surface area contributed by atoms with Gasteiger partial charge < -0.3 is 14.5 Å². The number of imidazole rings is 1. The fourth-order valence-corrected chi connectivity index (χ4v) is 2.93. The van der Waals surface area contributed by atoms with Crippen LogP contribution in [0.1, 0.15) is 18.7 Å². The van der Waals surface area contributed by atoms with Crippen molar-refractivity contribution in [1.82, 2.24) is 14.9 Å². The quantitative estimate of drug-likeness (QED) is 0.891. The zero-order valence-electron chi connectivity index (χ0n) is 13.0. The summed E-state index contributed by atoms with van der Waals surface area (Å²) in [6.07, 6.45) is 6.12. The van der Waals surface area contributed by atoms with Crippen LogP contribution in [-0.2, 0) is 6.54 Å². The van der Waals surface area contributed by atoms with Crippen LogP contribution in [0.15, 0.2) is 36.7 Å². The molecule has 118 valence electrons. The van der Waals surface area contributed by atoms with Crippen LogP contribution in [0.3, 0.4) is 0 Å². The van der Waals surface area contributed by atoms with Gasteiger partial charge in [0.1, 0.15) is 17.3 Å². The molecule has 1 N–H and O–H groups in total. The summed E-state index contributed by atoms with van der Waals surface area (Å²) in [7, 11) is 1.67. The number of aromatic amines is 1. The molecular formula is C17H23N3O2. The number of piperidine rings is 1. The van der Waals surface area contributed by atoms with Crippen molar-refractivity contribution < 1.29 is 9.47 Å². The molecule has 0 unspecified atom stereocenters. The third-order valence-electron chi connectivity index (χ3n) is 4.06. The Bertz CT molecular complexity index is 571. The normalized spacial score (nSPS) is 19.0. The van der Waals surface area contributed by atoms with Crippen molar-refractivity contribution >= 4 is 0 Å². The van der Waals surface area contributed by atoms with Crippen LogP contribution >= 0.6 is 0 Å². The van der Waals surface area contributed by atoms with Gasteiger partial charge >= 0.3 is 0 Å². The van der Waals surface area contributed by atoms with Crippen LogP contribution in [0.2, 0.25) is 0 Å². The average molecular weight is 301 g/mol. The smallest absolute Gasteiger partial charge is 0.122 e. The predicted octanol–water partition coefficient (Wildman–Crippen LogP) is 2.71. The molecule has 5 heteroatoms. The number of H-pyrrole nitrogens is 1. The molecule has 0 spiro atoms. The second-order valence-corrected chi connectivity index (χ2v) is 5.77. The number of hydrogen-bond acceptors (Lipinski definition) is 4. The number of likely N-dealkylation sites (tertiary alicyclic amines) is 1. The lowest BCUT2D eigenvalue weighted by molar-refractivity contribution is 0.123. The molecule has 0 bridgehead atoms. The van der Waals surface area contributed by atoms with Crippen LogP contribution in [-0.4, -0.2) is 41.7 Å². The standard InChI is InChI=1S/C17H23N3O2/c1-21-15-5-2-6-16(10-15)22-13-14-4-3-9-20(11-14)12-17-18-7-8-19-17/h2,5-8,10,14H,3-4,9,11-13H2,1H3,(H,18,19)/t14-/m0/s1. The lowest BCUT2D eigenvalue weighted by Crippen LogP contribution is -2.37. The van der Waals surface area contributed by atoms with E-state index in [1.54, 1.807) is 7.11 Å². The first-order valence-corrected chi connectivity index (χ1v) is 7.81. The van der Waals surface area contributed by atoms with E-state index < -0.39 is 0 Å². The Morgan fingerprint density at radius 3 is 3.09 bits per heavy atom. The minimum absolute atomic E-state index is 0.565. The molecule has 1 atom stereocenters. The lowest BCUT2D eigenvalue weighted by atomic mass is 9.99. The molecule has 5 nitrogen and oxygen atoms in total. The summed E-state index contributed by atoms with van der Waals surface area (Å²) >= 11 is 0. The van der Waals surface area contributed by atoms with Crippen molar-refractivity contribution in [1.29, 1.82) is 0 Å². The maximum absolute atomic E-state index is 5.94. The van der Waals surface area contributed by atoms with Gasteiger partial charge in [-0.15, -0.1) is 0 Å². The molecule has 1 saturated heterocycles. The van der Waals surface area contributed by atoms with E-state index in [1.807, 2.05) is 36.7 Å². The zero-order chi connectivity index (χ0) is 15.2. The van der Waals surface area contributed by atoms with Gasteiger partial charge in [-0.3, -0.25) is 4.90 Å². The molecule has 0 radical (unpaired) electrons. The number of nitrogens with one attached hydrogen (secondary N) is 1. The van der Waals surface area contributed by atoms with Gasteiger partial charge in [0, 0.05) is 30.9 Å². The average Bonchev–Trinajstić information content (AvgIpc) is 3.06. The van der Waals surface area contributed by atoms with Crippen LogP contribution < -0.4 is 9.47 Å². The Morgan fingerprint density at radius 2 is 2.27 bits per heavy atom. The third kappa shape index (κ3) is 4.01. The van der Waals surface area contributed by atoms with Crippen molar-refractivity contribution in [3.05, 3.63) is 42.5 Å². The van der Waals surface area contributed by atoms with Crippen molar-refractivity contribution in [2.45, 2.75) is 19.4 Å². The third-order valence-corrected chi connectivity index (χ3v) is 4.06. The summed E-state index contributed by atoms with van der Waals surface area (Å²) in [4.78, 5) is 9.92. The highest BCUT2D eigenvalue weighted by Crippen LogP contribution is 2.22. The van der Waals surface area contributed by atoms with E-state index in [2.05, 4.69) is 14.9 Å². The van der Waals surface area contributed by atoms with Gasteiger partial charge in [-0.1, -0.05) is 6.07 Å². The Kier molecular flexibility index (Phi) is 4.96. The number of benzene rings is 1. The van der Waals surface area contributed by atoms with Crippen LogP contribution in [0.25, 0.3) is 0 Å². The molecule has 1 aromatic carbocycles. The van der Waals surface area contributed by atoms with Crippen LogP contribution in [0.5, 0.6) is 11.5 Å². The zero-order valence-corrected chi connectivity index (χ0v) is 13.0. The van der Waals surface area contributed by atoms with Crippen molar-refractivity contribution in [3.63, 3.8) is 0 Å². The minimum atomic E-state index is 0.565. The number of hydrogen-bond donors (Lipinski definition) is 1. The van der Waals surface area contributed by atoms with E-state index in [9.17, 15) is 0 Å². The molecular weight excluding hydrogens is 278 g/mol. The van der Waals surface area contributed by atoms with Crippen LogP contribution in [0.4, 0.5) is 0 Å². The Labute approximate surface area is 131 Å². The topological polar surface area (TPSA) is 50.4 Å². The van der Waals surface area contributed by atoms with Crippen molar-refractivity contribution in [2.75, 3.05) is 26.8 Å². The fourth-order valence-electron chi connectivity index (χ4n) is 2.93. The molecule has 0 aliphatic carbocycles. The number of ether oxygens (including phenoxy) is 2. The Morgan fingerprint density at radius 1 is 1.36 bits per heavy atom. The SMILES string of the molecule is COc1cccc(OC[C@H]2CCCN(Cc3ncc[nH]3)C2)c1. The summed E-state index contributed by atoms with van der Waals surface area (Å²) in [5.74, 6) is 3.31. The van der Waals surface area contributed by atoms with E-state index in [1.165, 1.54) is 12.8 Å². The molecule has 2 heterocycles. The predicted molar refractivity (Wildman–Crippen MR) is 85.1 cm³/mol. The molecule has 1 aliphatic rings. The molecule has 1 aromatic heterocycles. The molecule has 2 aromatic rings. The van der Waals surface area contributed by atoms with Gasteiger partial charge in [0.05, 0.1) is 20.3 Å². The van der Waals surface area contributed by atoms with Gasteiger partial charge in [-0.05, 0) is 31.5 Å². The molecule has 0 amide bonds. The van der Waals surface area contributed by atoms with Gasteiger partial charge in [0.15, 0.2) is 0 Å². The molecule has 1 aliphatic heterocycles. The number of methoxy groups -OCH3 is 1. The van der Waals surface area contributed by atoms with Gasteiger partial charge in [0.25, 0.3) is 0 Å². The number of rotatable bonds is 6. The summed E-state index contributed by atoms with van der Waals surface area (Å²) < 4.78 is 11.2. The summed E-state index contributed by atoms with van der Waals surface area (Å²) in [5.41, 5.74) is 0. The second-order valence-electron chi connectivity index (χ2n) is 5.77. The van der Waals surface area contributed by atoms with Crippen molar-refractivity contribution in [2.24, 2.45) is 5.92 Å². The lowest BCUT2D eigenvalue weighted by Gasteiger charge is -2.32. The maximum atomic E-state index is 5.94. The number of aromatic nitrogens is 2. The van der Waals surface area contributed by atoms with Gasteiger partial charge in [-0.2, -0.15) is 0 Å². The van der Waals surface area contributed by atoms with Crippen molar-refractivity contribution in [3.8, 4) is 11.5 Å². The molecule has 3 rings (SSSR count). The molecule has 1 fully saturated rings. The highest BCUT2D eigenvalue weighted by atomic mass is 16.5. The second kappa shape index (κ2) is 7.31.